The van der Waals surface area contributed by atoms with Crippen LogP contribution in [0.15, 0.2) is 0 Å². The second kappa shape index (κ2) is 12.3. The number of carboxylic acids is 1. The lowest BCUT2D eigenvalue weighted by molar-refractivity contribution is -0.138. The first kappa shape index (κ1) is 30.9. The molecular weight excluding hydrogens is 456 g/mol. The van der Waals surface area contributed by atoms with Gasteiger partial charge in [-0.2, -0.15) is 0 Å². The summed E-state index contributed by atoms with van der Waals surface area (Å²) in [7, 11) is 0. The maximum Gasteiger partial charge on any atom is 0.303 e. The summed E-state index contributed by atoms with van der Waals surface area (Å²) in [5.74, 6) is 4.46. The van der Waals surface area contributed by atoms with Gasteiger partial charge in [-0.25, -0.2) is 0 Å². The van der Waals surface area contributed by atoms with Gasteiger partial charge in [0.1, 0.15) is 0 Å². The normalized spacial score (nSPS) is 38.6. The first-order chi connectivity index (χ1) is 17.2. The van der Waals surface area contributed by atoms with Gasteiger partial charge in [-0.1, -0.05) is 62.3 Å². The van der Waals surface area contributed by atoms with Crippen molar-refractivity contribution in [2.75, 3.05) is 19.6 Å². The highest BCUT2D eigenvalue weighted by Crippen LogP contribution is 2.68. The maximum atomic E-state index is 11.3. The second-order valence-electron chi connectivity index (χ2n) is 15.4. The van der Waals surface area contributed by atoms with E-state index in [1.807, 2.05) is 0 Å². The summed E-state index contributed by atoms with van der Waals surface area (Å²) in [6, 6.07) is 0.561. The molecule has 0 aromatic heterocycles. The van der Waals surface area contributed by atoms with Crippen LogP contribution in [0.4, 0.5) is 0 Å². The van der Waals surface area contributed by atoms with Gasteiger partial charge in [0.15, 0.2) is 0 Å². The lowest BCUT2D eigenvalue weighted by Crippen LogP contribution is -2.55. The molecule has 216 valence electrons. The molecule has 3 aliphatic rings. The third kappa shape index (κ3) is 6.59. The number of carboxylic acid groups (broad SMARTS) is 1. The van der Waals surface area contributed by atoms with E-state index in [0.29, 0.717) is 46.5 Å². The van der Waals surface area contributed by atoms with Crippen molar-refractivity contribution in [1.29, 1.82) is 0 Å². The van der Waals surface area contributed by atoms with Gasteiger partial charge >= 0.3 is 5.97 Å². The minimum Gasteiger partial charge on any atom is -0.481 e. The molecule has 3 N–H and O–H groups in total. The fraction of sp³-hybridized carbons (Fsp3) is 0.970. The summed E-state index contributed by atoms with van der Waals surface area (Å²) < 4.78 is 0. The van der Waals surface area contributed by atoms with E-state index in [4.69, 9.17) is 0 Å². The summed E-state index contributed by atoms with van der Waals surface area (Å²) in [6.45, 7) is 25.5. The van der Waals surface area contributed by atoms with Crippen molar-refractivity contribution >= 4 is 5.97 Å². The fourth-order valence-electron chi connectivity index (χ4n) is 9.91. The first-order valence-electron chi connectivity index (χ1n) is 15.9. The van der Waals surface area contributed by atoms with Crippen LogP contribution in [0.3, 0.4) is 0 Å². The molecule has 0 amide bonds. The molecule has 4 nitrogen and oxygen atoms in total. The zero-order chi connectivity index (χ0) is 27.6. The highest BCUT2D eigenvalue weighted by Gasteiger charge is 2.60. The van der Waals surface area contributed by atoms with Crippen LogP contribution in [0.2, 0.25) is 0 Å². The predicted molar refractivity (Wildman–Crippen MR) is 157 cm³/mol. The van der Waals surface area contributed by atoms with Gasteiger partial charge in [0, 0.05) is 25.6 Å². The largest absolute Gasteiger partial charge is 0.481 e. The molecule has 4 heteroatoms. The van der Waals surface area contributed by atoms with E-state index in [0.717, 1.165) is 49.7 Å². The molecule has 0 heterocycles. The molecule has 0 bridgehead atoms. The number of hydrogen-bond acceptors (Lipinski definition) is 3. The van der Waals surface area contributed by atoms with Crippen molar-refractivity contribution in [2.45, 2.75) is 126 Å². The maximum absolute atomic E-state index is 11.3. The number of nitrogens with one attached hydrogen (secondary N) is 2. The second-order valence-corrected chi connectivity index (χ2v) is 15.4. The molecular formula is C33H62N2O2. The van der Waals surface area contributed by atoms with Crippen molar-refractivity contribution in [1.82, 2.24) is 10.6 Å². The Balaban J connectivity index is 1.70. The van der Waals surface area contributed by atoms with Crippen molar-refractivity contribution < 1.29 is 9.90 Å². The number of fused-ring (bicyclic) bond motifs is 1. The summed E-state index contributed by atoms with van der Waals surface area (Å²) in [5, 5.41) is 16.6. The van der Waals surface area contributed by atoms with Crippen LogP contribution < -0.4 is 10.6 Å². The van der Waals surface area contributed by atoms with E-state index >= 15 is 0 Å². The molecule has 37 heavy (non-hydrogen) atoms. The Labute approximate surface area is 229 Å². The molecule has 3 fully saturated rings. The minimum absolute atomic E-state index is 0.325. The Morgan fingerprint density at radius 2 is 1.62 bits per heavy atom. The molecule has 3 aliphatic carbocycles. The van der Waals surface area contributed by atoms with Crippen LogP contribution in [0.1, 0.15) is 120 Å². The van der Waals surface area contributed by atoms with E-state index in [9.17, 15) is 9.90 Å². The van der Waals surface area contributed by atoms with Crippen LogP contribution in [0, 0.1) is 57.7 Å². The zero-order valence-electron chi connectivity index (χ0n) is 26.0. The van der Waals surface area contributed by atoms with Gasteiger partial charge < -0.3 is 15.7 Å². The number of rotatable bonds is 12. The third-order valence-corrected chi connectivity index (χ3v) is 12.2. The SMILES string of the molecule is CC(C)NCCNCC1CCC(C)(C2CCC3(C)C(C(C)CCC(=O)O)CCC3C2C(C)C)C(C)(C)C1. The van der Waals surface area contributed by atoms with Crippen LogP contribution in [0.5, 0.6) is 0 Å². The van der Waals surface area contributed by atoms with Crippen molar-refractivity contribution in [3.63, 3.8) is 0 Å². The lowest BCUT2D eigenvalue weighted by atomic mass is 9.43. The van der Waals surface area contributed by atoms with Crippen LogP contribution >= 0.6 is 0 Å². The third-order valence-electron chi connectivity index (χ3n) is 12.2. The van der Waals surface area contributed by atoms with E-state index < -0.39 is 5.97 Å². The highest BCUT2D eigenvalue weighted by atomic mass is 16.4. The molecule has 0 radical (unpaired) electrons. The Kier molecular flexibility index (Phi) is 10.3. The molecule has 3 rings (SSSR count). The van der Waals surface area contributed by atoms with Crippen LogP contribution in [0.25, 0.3) is 0 Å². The van der Waals surface area contributed by atoms with E-state index in [-0.39, 0.29) is 0 Å². The van der Waals surface area contributed by atoms with E-state index in [1.54, 1.807) is 0 Å². The van der Waals surface area contributed by atoms with Gasteiger partial charge in [-0.3, -0.25) is 4.79 Å². The molecule has 0 spiro atoms. The average Bonchev–Trinajstić information content (AvgIpc) is 3.15. The predicted octanol–water partition coefficient (Wildman–Crippen LogP) is 7.62. The van der Waals surface area contributed by atoms with Crippen molar-refractivity contribution in [3.05, 3.63) is 0 Å². The summed E-state index contributed by atoms with van der Waals surface area (Å²) >= 11 is 0. The topological polar surface area (TPSA) is 61.4 Å². The molecule has 0 saturated heterocycles. The molecule has 0 aromatic rings. The van der Waals surface area contributed by atoms with E-state index in [2.05, 4.69) is 72.9 Å². The Hall–Kier alpha value is -0.610. The fourth-order valence-corrected chi connectivity index (χ4v) is 9.91. The molecule has 0 aromatic carbocycles. The van der Waals surface area contributed by atoms with Gasteiger partial charge in [-0.15, -0.1) is 0 Å². The highest BCUT2D eigenvalue weighted by molar-refractivity contribution is 5.66. The van der Waals surface area contributed by atoms with Gasteiger partial charge in [-0.05, 0) is 116 Å². The molecule has 8 unspecified atom stereocenters. The quantitative estimate of drug-likeness (QED) is 0.233. The Morgan fingerprint density at radius 3 is 2.22 bits per heavy atom. The molecule has 0 aliphatic heterocycles. The summed E-state index contributed by atoms with van der Waals surface area (Å²) in [4.78, 5) is 11.3. The Morgan fingerprint density at radius 1 is 0.919 bits per heavy atom. The lowest BCUT2D eigenvalue weighted by Gasteiger charge is -2.62. The zero-order valence-corrected chi connectivity index (χ0v) is 26.0. The smallest absolute Gasteiger partial charge is 0.303 e. The van der Waals surface area contributed by atoms with Gasteiger partial charge in [0.25, 0.3) is 0 Å². The van der Waals surface area contributed by atoms with Gasteiger partial charge in [0.2, 0.25) is 0 Å². The number of carbonyl (C=O) groups is 1. The van der Waals surface area contributed by atoms with E-state index in [1.165, 1.54) is 44.9 Å². The number of hydrogen-bond donors (Lipinski definition) is 3. The standard InChI is InChI=1S/C33H62N2O2/c1-22(2)30-27-12-11-26(24(5)10-13-29(36)37)32(27,8)16-15-28(30)33(9)17-14-25(20-31(33,6)7)21-34-18-19-35-23(3)4/h22-28,30,34-35H,10-21H2,1-9H3,(H,36,37). The van der Waals surface area contributed by atoms with Crippen LogP contribution in [-0.2, 0) is 4.79 Å². The summed E-state index contributed by atoms with van der Waals surface area (Å²) in [6.07, 6.45) is 10.6. The first-order valence-corrected chi connectivity index (χ1v) is 15.9. The summed E-state index contributed by atoms with van der Waals surface area (Å²) in [5.41, 5.74) is 1.13. The molecule has 3 saturated carbocycles. The monoisotopic (exact) mass is 518 g/mol. The Bertz CT molecular complexity index is 749. The number of aliphatic carboxylic acids is 1. The minimum atomic E-state index is -0.636. The molecule has 8 atom stereocenters. The van der Waals surface area contributed by atoms with Crippen molar-refractivity contribution in [3.8, 4) is 0 Å². The van der Waals surface area contributed by atoms with Crippen molar-refractivity contribution in [2.24, 2.45) is 57.7 Å². The van der Waals surface area contributed by atoms with Crippen LogP contribution in [-0.4, -0.2) is 36.8 Å². The van der Waals surface area contributed by atoms with Gasteiger partial charge in [0.05, 0.1) is 0 Å². The average molecular weight is 519 g/mol.